The zero-order valence-corrected chi connectivity index (χ0v) is 10.6. The summed E-state index contributed by atoms with van der Waals surface area (Å²) in [5.41, 5.74) is 4.50. The summed E-state index contributed by atoms with van der Waals surface area (Å²) in [6, 6.07) is 0. The summed E-state index contributed by atoms with van der Waals surface area (Å²) in [5.74, 6) is 1.40. The second-order valence-electron chi connectivity index (χ2n) is 4.60. The van der Waals surface area contributed by atoms with Gasteiger partial charge in [0.1, 0.15) is 0 Å². The predicted octanol–water partition coefficient (Wildman–Crippen LogP) is 3.87. The minimum Gasteiger partial charge on any atom is -0.286 e. The second kappa shape index (κ2) is 7.26. The first-order chi connectivity index (χ1) is 7.77. The van der Waals surface area contributed by atoms with Crippen LogP contribution in [0.4, 0.5) is 0 Å². The van der Waals surface area contributed by atoms with E-state index < -0.39 is 0 Å². The fourth-order valence-electron chi connectivity index (χ4n) is 2.25. The van der Waals surface area contributed by atoms with Crippen LogP contribution in [0.15, 0.2) is 29.5 Å². The van der Waals surface area contributed by atoms with E-state index in [0.717, 1.165) is 5.92 Å². The Labute approximate surface area is 99.5 Å². The highest BCUT2D eigenvalue weighted by Crippen LogP contribution is 2.29. The zero-order chi connectivity index (χ0) is 11.8. The van der Waals surface area contributed by atoms with E-state index in [0.29, 0.717) is 5.92 Å². The van der Waals surface area contributed by atoms with Crippen molar-refractivity contribution in [2.75, 3.05) is 0 Å². The molecule has 1 N–H and O–H groups in total. The number of nitrogens with one attached hydrogen (secondary N) is 1. The second-order valence-corrected chi connectivity index (χ2v) is 4.60. The van der Waals surface area contributed by atoms with Gasteiger partial charge in [-0.1, -0.05) is 13.0 Å². The molecule has 1 aliphatic rings. The number of nitrogens with zero attached hydrogens (tertiary/aromatic N) is 1. The van der Waals surface area contributed by atoms with Crippen molar-refractivity contribution in [1.29, 1.82) is 0 Å². The van der Waals surface area contributed by atoms with Gasteiger partial charge in [0.05, 0.1) is 0 Å². The average molecular weight is 220 g/mol. The Morgan fingerprint density at radius 3 is 2.88 bits per heavy atom. The third-order valence-corrected chi connectivity index (χ3v) is 3.43. The minimum atomic E-state index is 0.669. The lowest BCUT2D eigenvalue weighted by Gasteiger charge is -2.23. The van der Waals surface area contributed by atoms with Crippen LogP contribution in [0.25, 0.3) is 0 Å². The van der Waals surface area contributed by atoms with E-state index in [4.69, 9.17) is 0 Å². The van der Waals surface area contributed by atoms with Crippen LogP contribution < -0.4 is 5.43 Å². The van der Waals surface area contributed by atoms with Crippen LogP contribution in [0.5, 0.6) is 0 Å². The van der Waals surface area contributed by atoms with Gasteiger partial charge < -0.3 is 0 Å². The monoisotopic (exact) mass is 220 g/mol. The van der Waals surface area contributed by atoms with E-state index in [1.165, 1.54) is 37.7 Å². The Kier molecular flexibility index (Phi) is 5.91. The molecule has 1 saturated carbocycles. The molecule has 0 saturated heterocycles. The fraction of sp³-hybridized carbons (Fsp3) is 0.643. The summed E-state index contributed by atoms with van der Waals surface area (Å²) in [6.45, 7) is 8.15. The molecule has 16 heavy (non-hydrogen) atoms. The maximum Gasteiger partial charge on any atom is 0.0215 e. The lowest BCUT2D eigenvalue weighted by Crippen LogP contribution is -2.10. The molecule has 2 heteroatoms. The Hall–Kier alpha value is -1.05. The SMILES string of the molecule is C=CC1CCC/C(=C/N/N=C/C)C(C)CC1. The fourth-order valence-corrected chi connectivity index (χ4v) is 2.25. The van der Waals surface area contributed by atoms with Crippen molar-refractivity contribution in [3.05, 3.63) is 24.4 Å². The largest absolute Gasteiger partial charge is 0.286 e. The van der Waals surface area contributed by atoms with Crippen LogP contribution >= 0.6 is 0 Å². The summed E-state index contributed by atoms with van der Waals surface area (Å²) in [6.07, 6.45) is 12.3. The minimum absolute atomic E-state index is 0.669. The predicted molar refractivity (Wildman–Crippen MR) is 71.3 cm³/mol. The quantitative estimate of drug-likeness (QED) is 0.436. The summed E-state index contributed by atoms with van der Waals surface area (Å²) in [5, 5.41) is 4.02. The van der Waals surface area contributed by atoms with Crippen molar-refractivity contribution in [1.82, 2.24) is 5.43 Å². The third-order valence-electron chi connectivity index (χ3n) is 3.43. The number of hydrazone groups is 1. The van der Waals surface area contributed by atoms with Gasteiger partial charge in [0.15, 0.2) is 0 Å². The van der Waals surface area contributed by atoms with Crippen LogP contribution in [0.3, 0.4) is 0 Å². The highest BCUT2D eigenvalue weighted by atomic mass is 15.3. The molecule has 0 aromatic rings. The van der Waals surface area contributed by atoms with Gasteiger partial charge in [0.25, 0.3) is 0 Å². The van der Waals surface area contributed by atoms with Gasteiger partial charge in [-0.15, -0.1) is 6.58 Å². The topological polar surface area (TPSA) is 24.4 Å². The van der Waals surface area contributed by atoms with Gasteiger partial charge in [-0.3, -0.25) is 5.43 Å². The molecule has 0 aromatic heterocycles. The van der Waals surface area contributed by atoms with E-state index in [2.05, 4.69) is 36.3 Å². The van der Waals surface area contributed by atoms with Crippen LogP contribution in [0.2, 0.25) is 0 Å². The van der Waals surface area contributed by atoms with Crippen molar-refractivity contribution >= 4 is 6.21 Å². The smallest absolute Gasteiger partial charge is 0.0215 e. The molecular weight excluding hydrogens is 196 g/mol. The molecule has 0 spiro atoms. The molecule has 0 radical (unpaired) electrons. The summed E-state index contributed by atoms with van der Waals surface area (Å²) < 4.78 is 0. The van der Waals surface area contributed by atoms with Gasteiger partial charge in [0.2, 0.25) is 0 Å². The van der Waals surface area contributed by atoms with Crippen molar-refractivity contribution < 1.29 is 0 Å². The average Bonchev–Trinajstić information content (AvgIpc) is 2.28. The molecular formula is C14H24N2. The molecule has 90 valence electrons. The molecule has 1 aliphatic carbocycles. The molecule has 1 fully saturated rings. The highest BCUT2D eigenvalue weighted by molar-refractivity contribution is 5.52. The Bertz CT molecular complexity index is 266. The standard InChI is InChI=1S/C14H24N2/c1-4-13-7-6-8-14(11-16-15-5-2)12(3)9-10-13/h4-5,11-13,16H,1,6-10H2,2-3H3/b14-11-,15-5+. The van der Waals surface area contributed by atoms with Crippen LogP contribution in [0, 0.1) is 11.8 Å². The first-order valence-corrected chi connectivity index (χ1v) is 6.32. The molecule has 2 nitrogen and oxygen atoms in total. The number of hydrogen-bond acceptors (Lipinski definition) is 2. The Balaban J connectivity index is 2.53. The van der Waals surface area contributed by atoms with Gasteiger partial charge >= 0.3 is 0 Å². The zero-order valence-electron chi connectivity index (χ0n) is 10.6. The van der Waals surface area contributed by atoms with Gasteiger partial charge in [-0.2, -0.15) is 5.10 Å². The molecule has 2 unspecified atom stereocenters. The van der Waals surface area contributed by atoms with E-state index in [1.807, 2.05) is 6.92 Å². The highest BCUT2D eigenvalue weighted by Gasteiger charge is 2.15. The molecule has 0 bridgehead atoms. The molecule has 0 aromatic carbocycles. The number of rotatable bonds is 3. The van der Waals surface area contributed by atoms with Crippen LogP contribution in [-0.4, -0.2) is 6.21 Å². The van der Waals surface area contributed by atoms with Gasteiger partial charge in [0, 0.05) is 12.4 Å². The summed E-state index contributed by atoms with van der Waals surface area (Å²) in [7, 11) is 0. The van der Waals surface area contributed by atoms with Gasteiger partial charge in [-0.05, 0) is 56.4 Å². The maximum atomic E-state index is 4.02. The Morgan fingerprint density at radius 2 is 2.19 bits per heavy atom. The van der Waals surface area contributed by atoms with Crippen LogP contribution in [-0.2, 0) is 0 Å². The molecule has 0 aliphatic heterocycles. The van der Waals surface area contributed by atoms with Crippen molar-refractivity contribution in [2.24, 2.45) is 16.9 Å². The van der Waals surface area contributed by atoms with Crippen molar-refractivity contribution in [3.8, 4) is 0 Å². The van der Waals surface area contributed by atoms with Crippen molar-refractivity contribution in [2.45, 2.75) is 46.0 Å². The normalized spacial score (nSPS) is 30.0. The van der Waals surface area contributed by atoms with E-state index in [9.17, 15) is 0 Å². The first-order valence-electron chi connectivity index (χ1n) is 6.32. The lowest BCUT2D eigenvalue weighted by molar-refractivity contribution is 0.421. The number of hydrogen-bond donors (Lipinski definition) is 1. The van der Waals surface area contributed by atoms with E-state index in [1.54, 1.807) is 6.21 Å². The van der Waals surface area contributed by atoms with Crippen molar-refractivity contribution in [3.63, 3.8) is 0 Å². The maximum absolute atomic E-state index is 4.02. The first kappa shape index (κ1) is 13.0. The number of allylic oxidation sites excluding steroid dienone is 2. The molecule has 2 atom stereocenters. The van der Waals surface area contributed by atoms with E-state index >= 15 is 0 Å². The van der Waals surface area contributed by atoms with Crippen LogP contribution in [0.1, 0.15) is 46.0 Å². The lowest BCUT2D eigenvalue weighted by atomic mass is 9.83. The molecule has 0 amide bonds. The Morgan fingerprint density at radius 1 is 1.38 bits per heavy atom. The molecule has 1 rings (SSSR count). The summed E-state index contributed by atoms with van der Waals surface area (Å²) in [4.78, 5) is 0. The molecule has 0 heterocycles. The third kappa shape index (κ3) is 4.21. The summed E-state index contributed by atoms with van der Waals surface area (Å²) >= 11 is 0. The van der Waals surface area contributed by atoms with Gasteiger partial charge in [-0.25, -0.2) is 0 Å². The van der Waals surface area contributed by atoms with E-state index in [-0.39, 0.29) is 0 Å².